The van der Waals surface area contributed by atoms with Gasteiger partial charge in [-0.25, -0.2) is 13.1 Å². The fourth-order valence-corrected chi connectivity index (χ4v) is 5.88. The molecule has 0 heterocycles. The van der Waals surface area contributed by atoms with Crippen LogP contribution in [0.1, 0.15) is 58.8 Å². The number of sulfonamides is 1. The maximum Gasteiger partial charge on any atom is 0.240 e. The van der Waals surface area contributed by atoms with Crippen molar-refractivity contribution in [3.63, 3.8) is 0 Å². The molecule has 0 aromatic heterocycles. The number of rotatable bonds is 8. The van der Waals surface area contributed by atoms with Gasteiger partial charge in [0.25, 0.3) is 0 Å². The maximum absolute atomic E-state index is 12.7. The zero-order chi connectivity index (χ0) is 18.7. The molecule has 1 aromatic carbocycles. The largest absolute Gasteiger partial charge is 0.326 e. The summed E-state index contributed by atoms with van der Waals surface area (Å²) in [5, 5.41) is 2.81. The molecule has 2 fully saturated rings. The predicted molar refractivity (Wildman–Crippen MR) is 103 cm³/mol. The third-order valence-electron chi connectivity index (χ3n) is 5.98. The Kier molecular flexibility index (Phi) is 6.03. The lowest BCUT2D eigenvalue weighted by molar-refractivity contribution is -0.116. The molecule has 0 spiro atoms. The van der Waals surface area contributed by atoms with Gasteiger partial charge in [0.2, 0.25) is 15.9 Å². The minimum absolute atomic E-state index is 0.0366. The molecule has 2 saturated carbocycles. The Morgan fingerprint density at radius 1 is 1.19 bits per heavy atom. The highest BCUT2D eigenvalue weighted by Crippen LogP contribution is 2.49. The lowest BCUT2D eigenvalue weighted by Crippen LogP contribution is -2.40. The van der Waals surface area contributed by atoms with E-state index >= 15 is 0 Å². The molecule has 1 amide bonds. The summed E-state index contributed by atoms with van der Waals surface area (Å²) in [5.41, 5.74) is 0.631. The highest BCUT2D eigenvalue weighted by molar-refractivity contribution is 7.89. The first kappa shape index (κ1) is 19.4. The second-order valence-corrected chi connectivity index (χ2v) is 9.64. The van der Waals surface area contributed by atoms with Gasteiger partial charge in [-0.3, -0.25) is 4.79 Å². The van der Waals surface area contributed by atoms with Crippen LogP contribution in [0.4, 0.5) is 5.69 Å². The second kappa shape index (κ2) is 8.09. The second-order valence-electron chi connectivity index (χ2n) is 7.92. The Balaban J connectivity index is 1.59. The van der Waals surface area contributed by atoms with Gasteiger partial charge in [-0.2, -0.15) is 0 Å². The molecule has 4 unspecified atom stereocenters. The number of unbranched alkanes of at least 4 members (excludes halogenated alkanes) is 1. The van der Waals surface area contributed by atoms with E-state index in [0.717, 1.165) is 25.2 Å². The zero-order valence-corrected chi connectivity index (χ0v) is 16.5. The highest BCUT2D eigenvalue weighted by atomic mass is 32.2. The highest BCUT2D eigenvalue weighted by Gasteiger charge is 2.42. The Bertz CT molecular complexity index is 730. The first-order valence-corrected chi connectivity index (χ1v) is 11.3. The number of fused-ring (bicyclic) bond motifs is 2. The van der Waals surface area contributed by atoms with Gasteiger partial charge < -0.3 is 5.32 Å². The van der Waals surface area contributed by atoms with Crippen molar-refractivity contribution in [1.29, 1.82) is 0 Å². The summed E-state index contributed by atoms with van der Waals surface area (Å²) in [4.78, 5) is 12.0. The third kappa shape index (κ3) is 4.46. The molecule has 1 aromatic rings. The van der Waals surface area contributed by atoms with Crippen LogP contribution in [0.2, 0.25) is 0 Å². The summed E-state index contributed by atoms with van der Waals surface area (Å²) in [6.07, 6.45) is 7.28. The molecular weight excluding hydrogens is 348 g/mol. The number of amides is 1. The predicted octanol–water partition coefficient (Wildman–Crippen LogP) is 3.92. The van der Waals surface area contributed by atoms with E-state index in [-0.39, 0.29) is 16.8 Å². The summed E-state index contributed by atoms with van der Waals surface area (Å²) < 4.78 is 28.2. The summed E-state index contributed by atoms with van der Waals surface area (Å²) in [7, 11) is -3.54. The van der Waals surface area contributed by atoms with Crippen LogP contribution in [0.5, 0.6) is 0 Å². The van der Waals surface area contributed by atoms with Gasteiger partial charge in [-0.1, -0.05) is 19.8 Å². The van der Waals surface area contributed by atoms with E-state index in [0.29, 0.717) is 23.9 Å². The normalized spacial score (nSPS) is 26.0. The molecule has 2 aliphatic rings. The summed E-state index contributed by atoms with van der Waals surface area (Å²) in [5.74, 6) is 1.90. The molecular formula is C20H30N2O3S. The molecule has 2 aliphatic carbocycles. The van der Waals surface area contributed by atoms with E-state index in [1.807, 2.05) is 13.8 Å². The fraction of sp³-hybridized carbons (Fsp3) is 0.650. The summed E-state index contributed by atoms with van der Waals surface area (Å²) in [6, 6.07) is 6.39. The minimum Gasteiger partial charge on any atom is -0.326 e. The van der Waals surface area contributed by atoms with Crippen LogP contribution >= 0.6 is 0 Å². The van der Waals surface area contributed by atoms with E-state index < -0.39 is 10.0 Å². The average molecular weight is 379 g/mol. The Labute approximate surface area is 157 Å². The summed E-state index contributed by atoms with van der Waals surface area (Å²) >= 11 is 0. The van der Waals surface area contributed by atoms with E-state index in [4.69, 9.17) is 0 Å². The molecule has 144 valence electrons. The SMILES string of the molecule is CCCCC(=O)Nc1ccc(S(=O)(=O)NC(C)C2CC3CCC2C3)cc1. The van der Waals surface area contributed by atoms with Gasteiger partial charge in [0, 0.05) is 18.2 Å². The molecule has 6 heteroatoms. The number of anilines is 1. The van der Waals surface area contributed by atoms with Crippen LogP contribution in [-0.2, 0) is 14.8 Å². The maximum atomic E-state index is 12.7. The Hall–Kier alpha value is -1.40. The van der Waals surface area contributed by atoms with Gasteiger partial charge >= 0.3 is 0 Å². The molecule has 0 aliphatic heterocycles. The number of carbonyl (C=O) groups excluding carboxylic acids is 1. The van der Waals surface area contributed by atoms with E-state index in [1.165, 1.54) is 19.3 Å². The van der Waals surface area contributed by atoms with Crippen molar-refractivity contribution in [2.75, 3.05) is 5.32 Å². The molecule has 0 saturated heterocycles. The van der Waals surface area contributed by atoms with Crippen molar-refractivity contribution in [2.24, 2.45) is 17.8 Å². The van der Waals surface area contributed by atoms with Crippen molar-refractivity contribution in [2.45, 2.75) is 69.7 Å². The molecule has 4 atom stereocenters. The molecule has 2 N–H and O–H groups in total. The Morgan fingerprint density at radius 3 is 2.50 bits per heavy atom. The van der Waals surface area contributed by atoms with Gasteiger partial charge in [-0.05, 0) is 74.6 Å². The van der Waals surface area contributed by atoms with Gasteiger partial charge in [0.15, 0.2) is 0 Å². The third-order valence-corrected chi connectivity index (χ3v) is 7.56. The number of hydrogen-bond acceptors (Lipinski definition) is 3. The summed E-state index contributed by atoms with van der Waals surface area (Å²) in [6.45, 7) is 4.03. The van der Waals surface area contributed by atoms with Crippen LogP contribution in [0.3, 0.4) is 0 Å². The van der Waals surface area contributed by atoms with Crippen molar-refractivity contribution in [1.82, 2.24) is 4.72 Å². The first-order chi connectivity index (χ1) is 12.4. The monoisotopic (exact) mass is 378 g/mol. The van der Waals surface area contributed by atoms with Gasteiger partial charge in [0.1, 0.15) is 0 Å². The standard InChI is InChI=1S/C20H30N2O3S/c1-3-4-5-20(23)21-17-8-10-18(11-9-17)26(24,25)22-14(2)19-13-15-6-7-16(19)12-15/h8-11,14-16,19,22H,3-7,12-13H2,1-2H3,(H,21,23). The van der Waals surface area contributed by atoms with E-state index in [1.54, 1.807) is 24.3 Å². The Morgan fingerprint density at radius 2 is 1.92 bits per heavy atom. The molecule has 2 bridgehead atoms. The molecule has 3 rings (SSSR count). The number of carbonyl (C=O) groups is 1. The molecule has 0 radical (unpaired) electrons. The van der Waals surface area contributed by atoms with Crippen molar-refractivity contribution in [3.8, 4) is 0 Å². The smallest absolute Gasteiger partial charge is 0.240 e. The van der Waals surface area contributed by atoms with Crippen LogP contribution in [-0.4, -0.2) is 20.4 Å². The number of benzene rings is 1. The average Bonchev–Trinajstić information content (AvgIpc) is 3.23. The van der Waals surface area contributed by atoms with Crippen molar-refractivity contribution >= 4 is 21.6 Å². The van der Waals surface area contributed by atoms with Gasteiger partial charge in [-0.15, -0.1) is 0 Å². The molecule has 5 nitrogen and oxygen atoms in total. The fourth-order valence-electron chi connectivity index (χ4n) is 4.58. The van der Waals surface area contributed by atoms with E-state index in [2.05, 4.69) is 10.0 Å². The number of hydrogen-bond donors (Lipinski definition) is 2. The van der Waals surface area contributed by atoms with Crippen LogP contribution in [0.15, 0.2) is 29.2 Å². The van der Waals surface area contributed by atoms with Crippen LogP contribution in [0, 0.1) is 17.8 Å². The lowest BCUT2D eigenvalue weighted by Gasteiger charge is -2.28. The molecule has 26 heavy (non-hydrogen) atoms. The first-order valence-electron chi connectivity index (χ1n) is 9.81. The van der Waals surface area contributed by atoms with E-state index in [9.17, 15) is 13.2 Å². The lowest BCUT2D eigenvalue weighted by atomic mass is 9.84. The quantitative estimate of drug-likeness (QED) is 0.720. The topological polar surface area (TPSA) is 75.3 Å². The zero-order valence-electron chi connectivity index (χ0n) is 15.7. The van der Waals surface area contributed by atoms with Crippen LogP contribution < -0.4 is 10.0 Å². The minimum atomic E-state index is -3.54. The number of nitrogens with one attached hydrogen (secondary N) is 2. The van der Waals surface area contributed by atoms with Gasteiger partial charge in [0.05, 0.1) is 4.90 Å². The van der Waals surface area contributed by atoms with Crippen molar-refractivity contribution in [3.05, 3.63) is 24.3 Å². The van der Waals surface area contributed by atoms with Crippen LogP contribution in [0.25, 0.3) is 0 Å². The van der Waals surface area contributed by atoms with Crippen molar-refractivity contribution < 1.29 is 13.2 Å².